The molecule has 0 aliphatic heterocycles. The summed E-state index contributed by atoms with van der Waals surface area (Å²) in [4.78, 5) is 0. The largest absolute Gasteiger partial charge is 0.497 e. The summed E-state index contributed by atoms with van der Waals surface area (Å²) in [7, 11) is 1.60. The molecule has 21 heavy (non-hydrogen) atoms. The van der Waals surface area contributed by atoms with Gasteiger partial charge in [-0.3, -0.25) is 11.3 Å². The fourth-order valence-electron chi connectivity index (χ4n) is 1.86. The van der Waals surface area contributed by atoms with Crippen LogP contribution in [0.1, 0.15) is 18.4 Å². The fourth-order valence-corrected chi connectivity index (χ4v) is 1.86. The number of aryl methyl sites for hydroxylation is 1. The van der Waals surface area contributed by atoms with Gasteiger partial charge in [0.25, 0.3) is 0 Å². The summed E-state index contributed by atoms with van der Waals surface area (Å²) in [5.74, 6) is 6.19. The third kappa shape index (κ3) is 7.89. The van der Waals surface area contributed by atoms with Gasteiger partial charge < -0.3 is 9.47 Å². The van der Waals surface area contributed by atoms with Gasteiger partial charge in [-0.1, -0.05) is 12.1 Å². The monoisotopic (exact) mass is 306 g/mol. The van der Waals surface area contributed by atoms with Crippen molar-refractivity contribution in [1.29, 1.82) is 0 Å². The van der Waals surface area contributed by atoms with E-state index in [1.807, 2.05) is 24.3 Å². The van der Waals surface area contributed by atoms with E-state index in [2.05, 4.69) is 10.2 Å². The zero-order chi connectivity index (χ0) is 15.7. The lowest BCUT2D eigenvalue weighted by molar-refractivity contribution is -0.174. The van der Waals surface area contributed by atoms with Crippen LogP contribution < -0.4 is 16.0 Å². The molecular formula is C14H21F3N2O2. The second-order valence-corrected chi connectivity index (χ2v) is 4.71. The van der Waals surface area contributed by atoms with Gasteiger partial charge in [-0.05, 0) is 37.0 Å². The Kier molecular flexibility index (Phi) is 7.49. The molecule has 4 nitrogen and oxygen atoms in total. The van der Waals surface area contributed by atoms with E-state index in [-0.39, 0.29) is 12.6 Å². The van der Waals surface area contributed by atoms with E-state index in [9.17, 15) is 13.2 Å². The Hall–Kier alpha value is -1.31. The lowest BCUT2D eigenvalue weighted by Gasteiger charge is -2.16. The first-order valence-electron chi connectivity index (χ1n) is 6.68. The zero-order valence-corrected chi connectivity index (χ0v) is 12.0. The van der Waals surface area contributed by atoms with Crippen LogP contribution in [0.15, 0.2) is 24.3 Å². The molecule has 1 rings (SSSR count). The molecule has 0 amide bonds. The molecule has 0 fully saturated rings. The number of hydrogen-bond donors (Lipinski definition) is 2. The van der Waals surface area contributed by atoms with E-state index >= 15 is 0 Å². The SMILES string of the molecule is COc1ccc(CCC(CCOCC(F)(F)F)NN)cc1. The molecule has 0 aliphatic rings. The first kappa shape index (κ1) is 17.7. The van der Waals surface area contributed by atoms with Crippen molar-refractivity contribution in [3.8, 4) is 5.75 Å². The van der Waals surface area contributed by atoms with Gasteiger partial charge in [0.2, 0.25) is 0 Å². The Labute approximate surface area is 122 Å². The number of nitrogens with two attached hydrogens (primary N) is 1. The third-order valence-electron chi connectivity index (χ3n) is 3.05. The Bertz CT molecular complexity index is 396. The van der Waals surface area contributed by atoms with Crippen LogP contribution in [-0.2, 0) is 11.2 Å². The highest BCUT2D eigenvalue weighted by Gasteiger charge is 2.27. The smallest absolute Gasteiger partial charge is 0.411 e. The van der Waals surface area contributed by atoms with Crippen LogP contribution in [0.2, 0.25) is 0 Å². The van der Waals surface area contributed by atoms with E-state index in [1.165, 1.54) is 0 Å². The molecule has 0 aromatic heterocycles. The van der Waals surface area contributed by atoms with Gasteiger partial charge in [0.05, 0.1) is 7.11 Å². The summed E-state index contributed by atoms with van der Waals surface area (Å²) in [5.41, 5.74) is 3.72. The normalized spacial score (nSPS) is 13.2. The molecule has 1 atom stereocenters. The second-order valence-electron chi connectivity index (χ2n) is 4.71. The van der Waals surface area contributed by atoms with E-state index in [0.29, 0.717) is 6.42 Å². The van der Waals surface area contributed by atoms with E-state index in [1.54, 1.807) is 7.11 Å². The van der Waals surface area contributed by atoms with Crippen molar-refractivity contribution in [2.24, 2.45) is 5.84 Å². The standard InChI is InChI=1S/C14H21F3N2O2/c1-20-13-6-3-11(4-7-13)2-5-12(19-18)8-9-21-10-14(15,16)17/h3-4,6-7,12,19H,2,5,8-10,18H2,1H3. The lowest BCUT2D eigenvalue weighted by atomic mass is 10.0. The number of nitrogens with one attached hydrogen (secondary N) is 1. The van der Waals surface area contributed by atoms with Crippen molar-refractivity contribution in [3.63, 3.8) is 0 Å². The summed E-state index contributed by atoms with van der Waals surface area (Å²) in [5, 5.41) is 0. The third-order valence-corrected chi connectivity index (χ3v) is 3.05. The number of hydrazine groups is 1. The van der Waals surface area contributed by atoms with Crippen molar-refractivity contribution in [2.75, 3.05) is 20.3 Å². The Morgan fingerprint density at radius 3 is 2.38 bits per heavy atom. The summed E-state index contributed by atoms with van der Waals surface area (Å²) in [6, 6.07) is 7.55. The highest BCUT2D eigenvalue weighted by molar-refractivity contribution is 5.27. The zero-order valence-electron chi connectivity index (χ0n) is 12.0. The van der Waals surface area contributed by atoms with Gasteiger partial charge in [0, 0.05) is 12.6 Å². The predicted molar refractivity (Wildman–Crippen MR) is 73.9 cm³/mol. The number of halogens is 3. The van der Waals surface area contributed by atoms with Gasteiger partial charge in [-0.15, -0.1) is 0 Å². The highest BCUT2D eigenvalue weighted by Crippen LogP contribution is 2.16. The Balaban J connectivity index is 2.26. The maximum Gasteiger partial charge on any atom is 0.411 e. The van der Waals surface area contributed by atoms with Crippen molar-refractivity contribution in [2.45, 2.75) is 31.5 Å². The number of hydrogen-bond acceptors (Lipinski definition) is 4. The van der Waals surface area contributed by atoms with Crippen LogP contribution in [0.3, 0.4) is 0 Å². The number of alkyl halides is 3. The first-order valence-corrected chi connectivity index (χ1v) is 6.68. The van der Waals surface area contributed by atoms with E-state index in [0.717, 1.165) is 24.2 Å². The van der Waals surface area contributed by atoms with Gasteiger partial charge in [0.15, 0.2) is 0 Å². The van der Waals surface area contributed by atoms with E-state index < -0.39 is 12.8 Å². The molecule has 1 unspecified atom stereocenters. The average molecular weight is 306 g/mol. The number of methoxy groups -OCH3 is 1. The van der Waals surface area contributed by atoms with Crippen molar-refractivity contribution in [3.05, 3.63) is 29.8 Å². The minimum absolute atomic E-state index is 0.0248. The fraction of sp³-hybridized carbons (Fsp3) is 0.571. The molecule has 0 radical (unpaired) electrons. The average Bonchev–Trinajstić information content (AvgIpc) is 2.46. The van der Waals surface area contributed by atoms with Crippen LogP contribution in [0.4, 0.5) is 13.2 Å². The molecule has 0 aliphatic carbocycles. The first-order chi connectivity index (χ1) is 9.94. The molecule has 0 saturated heterocycles. The van der Waals surface area contributed by atoms with Crippen LogP contribution in [0.25, 0.3) is 0 Å². The molecule has 0 heterocycles. The molecule has 1 aromatic rings. The number of benzene rings is 1. The minimum atomic E-state index is -4.28. The van der Waals surface area contributed by atoms with Gasteiger partial charge in [-0.25, -0.2) is 0 Å². The van der Waals surface area contributed by atoms with Gasteiger partial charge in [-0.2, -0.15) is 13.2 Å². The number of ether oxygens (including phenoxy) is 2. The molecule has 7 heteroatoms. The second kappa shape index (κ2) is 8.86. The van der Waals surface area contributed by atoms with E-state index in [4.69, 9.17) is 10.6 Å². The Morgan fingerprint density at radius 2 is 1.86 bits per heavy atom. The van der Waals surface area contributed by atoms with Crippen molar-refractivity contribution in [1.82, 2.24) is 5.43 Å². The van der Waals surface area contributed by atoms with Gasteiger partial charge >= 0.3 is 6.18 Å². The predicted octanol–water partition coefficient (Wildman–Crippen LogP) is 2.43. The molecule has 1 aromatic carbocycles. The molecule has 0 bridgehead atoms. The maximum absolute atomic E-state index is 11.9. The number of rotatable bonds is 9. The molecule has 120 valence electrons. The summed E-state index contributed by atoms with van der Waals surface area (Å²) in [6.45, 7) is -1.19. The molecule has 3 N–H and O–H groups in total. The van der Waals surface area contributed by atoms with Gasteiger partial charge in [0.1, 0.15) is 12.4 Å². The minimum Gasteiger partial charge on any atom is -0.497 e. The molecular weight excluding hydrogens is 285 g/mol. The van der Waals surface area contributed by atoms with Crippen LogP contribution in [0.5, 0.6) is 5.75 Å². The lowest BCUT2D eigenvalue weighted by Crippen LogP contribution is -2.36. The van der Waals surface area contributed by atoms with Crippen molar-refractivity contribution >= 4 is 0 Å². The topological polar surface area (TPSA) is 56.5 Å². The summed E-state index contributed by atoms with van der Waals surface area (Å²) < 4.78 is 45.4. The summed E-state index contributed by atoms with van der Waals surface area (Å²) in [6.07, 6.45) is -2.35. The van der Waals surface area contributed by atoms with Crippen LogP contribution in [0, 0.1) is 0 Å². The quantitative estimate of drug-likeness (QED) is 0.418. The summed E-state index contributed by atoms with van der Waals surface area (Å²) >= 11 is 0. The van der Waals surface area contributed by atoms with Crippen LogP contribution >= 0.6 is 0 Å². The van der Waals surface area contributed by atoms with Crippen LogP contribution in [-0.4, -0.2) is 32.5 Å². The Morgan fingerprint density at radius 1 is 1.19 bits per heavy atom. The maximum atomic E-state index is 11.9. The van der Waals surface area contributed by atoms with Crippen molar-refractivity contribution < 1.29 is 22.6 Å². The highest BCUT2D eigenvalue weighted by atomic mass is 19.4. The molecule has 0 spiro atoms. The molecule has 0 saturated carbocycles.